The van der Waals surface area contributed by atoms with E-state index in [4.69, 9.17) is 21.9 Å². The van der Waals surface area contributed by atoms with Crippen LogP contribution in [0.2, 0.25) is 5.02 Å². The molecular formula is C13H12ClN5OS. The average molecular weight is 322 g/mol. The number of nitrogens with zero attached hydrogens (tertiary/aromatic N) is 4. The third kappa shape index (κ3) is 3.37. The molecule has 3 rings (SSSR count). The van der Waals surface area contributed by atoms with Gasteiger partial charge in [-0.05, 0) is 25.0 Å². The lowest BCUT2D eigenvalue weighted by molar-refractivity contribution is 0.376. The van der Waals surface area contributed by atoms with Gasteiger partial charge in [0.1, 0.15) is 5.69 Å². The average Bonchev–Trinajstić information content (AvgIpc) is 3.09. The van der Waals surface area contributed by atoms with Crippen molar-refractivity contribution in [1.29, 1.82) is 0 Å². The van der Waals surface area contributed by atoms with Crippen LogP contribution in [0.5, 0.6) is 0 Å². The molecule has 0 aliphatic rings. The maximum atomic E-state index is 6.05. The van der Waals surface area contributed by atoms with Gasteiger partial charge in [0.2, 0.25) is 11.7 Å². The number of nitrogens with two attached hydrogens (primary N) is 1. The first kappa shape index (κ1) is 14.0. The standard InChI is InChI=1S/C13H12ClN5OS/c14-9-4-2-6-16-11(9)12-18-10(20-19-12)5-1-3-8-7-21-13(15)17-8/h2,4,6-7H,1,3,5H2,(H2,15,17). The summed E-state index contributed by atoms with van der Waals surface area (Å²) in [5, 5.41) is 6.97. The number of pyridine rings is 1. The van der Waals surface area contributed by atoms with Gasteiger partial charge in [0.25, 0.3) is 0 Å². The third-order valence-corrected chi connectivity index (χ3v) is 3.86. The first-order valence-electron chi connectivity index (χ1n) is 6.36. The number of hydrogen-bond acceptors (Lipinski definition) is 7. The number of thiazole rings is 1. The Kier molecular flexibility index (Phi) is 4.12. The highest BCUT2D eigenvalue weighted by molar-refractivity contribution is 7.13. The van der Waals surface area contributed by atoms with Gasteiger partial charge in [-0.1, -0.05) is 16.8 Å². The van der Waals surface area contributed by atoms with E-state index in [9.17, 15) is 0 Å². The largest absolute Gasteiger partial charge is 0.375 e. The van der Waals surface area contributed by atoms with Gasteiger partial charge in [0.15, 0.2) is 5.13 Å². The van der Waals surface area contributed by atoms with E-state index < -0.39 is 0 Å². The minimum Gasteiger partial charge on any atom is -0.375 e. The van der Waals surface area contributed by atoms with Crippen LogP contribution in [0.1, 0.15) is 18.0 Å². The van der Waals surface area contributed by atoms with Crippen molar-refractivity contribution in [2.75, 3.05) is 5.73 Å². The molecular weight excluding hydrogens is 310 g/mol. The van der Waals surface area contributed by atoms with Crippen molar-refractivity contribution in [3.63, 3.8) is 0 Å². The zero-order chi connectivity index (χ0) is 14.7. The molecule has 108 valence electrons. The summed E-state index contributed by atoms with van der Waals surface area (Å²) < 4.78 is 5.21. The van der Waals surface area contributed by atoms with Crippen LogP contribution in [-0.2, 0) is 12.8 Å². The predicted molar refractivity (Wildman–Crippen MR) is 81.1 cm³/mol. The normalized spacial score (nSPS) is 10.9. The molecule has 0 unspecified atom stereocenters. The Morgan fingerprint density at radius 2 is 2.19 bits per heavy atom. The maximum absolute atomic E-state index is 6.05. The van der Waals surface area contributed by atoms with Crippen molar-refractivity contribution in [3.05, 3.63) is 40.3 Å². The van der Waals surface area contributed by atoms with Gasteiger partial charge in [-0.15, -0.1) is 11.3 Å². The molecule has 0 aliphatic carbocycles. The fraction of sp³-hybridized carbons (Fsp3) is 0.231. The van der Waals surface area contributed by atoms with Gasteiger partial charge >= 0.3 is 0 Å². The van der Waals surface area contributed by atoms with Crippen LogP contribution in [0.4, 0.5) is 5.13 Å². The zero-order valence-corrected chi connectivity index (χ0v) is 12.6. The van der Waals surface area contributed by atoms with Crippen molar-refractivity contribution < 1.29 is 4.52 Å². The maximum Gasteiger partial charge on any atom is 0.227 e. The molecule has 0 radical (unpaired) electrons. The Morgan fingerprint density at radius 3 is 2.95 bits per heavy atom. The zero-order valence-electron chi connectivity index (χ0n) is 11.0. The molecule has 0 saturated heterocycles. The van der Waals surface area contributed by atoms with E-state index in [-0.39, 0.29) is 0 Å². The Bertz CT molecular complexity index is 742. The summed E-state index contributed by atoms with van der Waals surface area (Å²) in [6.07, 6.45) is 4.01. The minimum absolute atomic E-state index is 0.411. The predicted octanol–water partition coefficient (Wildman–Crippen LogP) is 3.00. The van der Waals surface area contributed by atoms with E-state index >= 15 is 0 Å². The highest BCUT2D eigenvalue weighted by atomic mass is 35.5. The number of aromatic nitrogens is 4. The summed E-state index contributed by atoms with van der Waals surface area (Å²) in [6, 6.07) is 3.50. The molecule has 3 aromatic heterocycles. The molecule has 0 atom stereocenters. The molecule has 21 heavy (non-hydrogen) atoms. The Balaban J connectivity index is 1.62. The lowest BCUT2D eigenvalue weighted by Crippen LogP contribution is -1.92. The van der Waals surface area contributed by atoms with Crippen LogP contribution < -0.4 is 5.73 Å². The second-order valence-electron chi connectivity index (χ2n) is 4.38. The molecule has 0 aliphatic heterocycles. The molecule has 3 aromatic rings. The Labute approximate surface area is 130 Å². The Hall–Kier alpha value is -1.99. The quantitative estimate of drug-likeness (QED) is 0.776. The minimum atomic E-state index is 0.411. The molecule has 0 spiro atoms. The van der Waals surface area contributed by atoms with Gasteiger partial charge in [0.05, 0.1) is 10.7 Å². The van der Waals surface area contributed by atoms with E-state index in [0.717, 1.165) is 18.5 Å². The second kappa shape index (κ2) is 6.19. The van der Waals surface area contributed by atoms with Crippen molar-refractivity contribution in [1.82, 2.24) is 20.1 Å². The van der Waals surface area contributed by atoms with Crippen LogP contribution >= 0.6 is 22.9 Å². The van der Waals surface area contributed by atoms with Crippen molar-refractivity contribution in [2.45, 2.75) is 19.3 Å². The summed E-state index contributed by atoms with van der Waals surface area (Å²) in [4.78, 5) is 12.7. The van der Waals surface area contributed by atoms with Crippen molar-refractivity contribution >= 4 is 28.1 Å². The molecule has 0 aromatic carbocycles. The molecule has 8 heteroatoms. The van der Waals surface area contributed by atoms with Gasteiger partial charge in [-0.25, -0.2) is 4.98 Å². The van der Waals surface area contributed by atoms with Gasteiger partial charge < -0.3 is 10.3 Å². The van der Waals surface area contributed by atoms with Crippen LogP contribution in [0.3, 0.4) is 0 Å². The van der Waals surface area contributed by atoms with Crippen LogP contribution in [0.15, 0.2) is 28.2 Å². The summed E-state index contributed by atoms with van der Waals surface area (Å²) in [5.41, 5.74) is 7.11. The Morgan fingerprint density at radius 1 is 1.29 bits per heavy atom. The third-order valence-electron chi connectivity index (χ3n) is 2.83. The number of hydrogen-bond donors (Lipinski definition) is 1. The molecule has 6 nitrogen and oxygen atoms in total. The van der Waals surface area contributed by atoms with E-state index in [0.29, 0.717) is 34.0 Å². The molecule has 0 fully saturated rings. The lowest BCUT2D eigenvalue weighted by Gasteiger charge is -1.95. The van der Waals surface area contributed by atoms with E-state index in [2.05, 4.69) is 20.1 Å². The highest BCUT2D eigenvalue weighted by Crippen LogP contribution is 2.22. The van der Waals surface area contributed by atoms with Gasteiger partial charge in [-0.2, -0.15) is 4.98 Å². The number of nitrogen functional groups attached to an aromatic ring is 1. The molecule has 3 heterocycles. The highest BCUT2D eigenvalue weighted by Gasteiger charge is 2.12. The first-order valence-corrected chi connectivity index (χ1v) is 7.61. The molecule has 0 amide bonds. The summed E-state index contributed by atoms with van der Waals surface area (Å²) in [7, 11) is 0. The van der Waals surface area contributed by atoms with Crippen LogP contribution in [-0.4, -0.2) is 20.1 Å². The first-order chi connectivity index (χ1) is 10.2. The fourth-order valence-corrected chi connectivity index (χ4v) is 2.66. The fourth-order valence-electron chi connectivity index (χ4n) is 1.86. The van der Waals surface area contributed by atoms with Gasteiger partial charge in [-0.3, -0.25) is 4.98 Å². The van der Waals surface area contributed by atoms with Crippen LogP contribution in [0, 0.1) is 0 Å². The monoisotopic (exact) mass is 321 g/mol. The summed E-state index contributed by atoms with van der Waals surface area (Å²) >= 11 is 7.50. The summed E-state index contributed by atoms with van der Waals surface area (Å²) in [5.74, 6) is 0.975. The van der Waals surface area contributed by atoms with Gasteiger partial charge in [0, 0.05) is 18.0 Å². The van der Waals surface area contributed by atoms with E-state index in [1.54, 1.807) is 18.3 Å². The molecule has 0 bridgehead atoms. The number of rotatable bonds is 5. The topological polar surface area (TPSA) is 90.7 Å². The number of anilines is 1. The van der Waals surface area contributed by atoms with Crippen LogP contribution in [0.25, 0.3) is 11.5 Å². The van der Waals surface area contributed by atoms with Crippen molar-refractivity contribution in [2.24, 2.45) is 0 Å². The van der Waals surface area contributed by atoms with E-state index in [1.165, 1.54) is 11.3 Å². The molecule has 0 saturated carbocycles. The van der Waals surface area contributed by atoms with Crippen molar-refractivity contribution in [3.8, 4) is 11.5 Å². The second-order valence-corrected chi connectivity index (χ2v) is 5.67. The molecule has 2 N–H and O–H groups in total. The SMILES string of the molecule is Nc1nc(CCCc2nc(-c3ncccc3Cl)no2)cs1. The number of halogens is 1. The summed E-state index contributed by atoms with van der Waals surface area (Å²) in [6.45, 7) is 0. The number of aryl methyl sites for hydroxylation is 2. The lowest BCUT2D eigenvalue weighted by atomic mass is 10.2. The smallest absolute Gasteiger partial charge is 0.227 e. The van der Waals surface area contributed by atoms with E-state index in [1.807, 2.05) is 5.38 Å².